The fourth-order valence-corrected chi connectivity index (χ4v) is 4.36. The first kappa shape index (κ1) is 20.3. The summed E-state index contributed by atoms with van der Waals surface area (Å²) in [7, 11) is 0. The number of hydrogen-bond donors (Lipinski definition) is 2. The number of H-pyrrole nitrogens is 1. The lowest BCUT2D eigenvalue weighted by Gasteiger charge is -2.35. The molecule has 0 bridgehead atoms. The van der Waals surface area contributed by atoms with Gasteiger partial charge in [0, 0.05) is 23.9 Å². The molecule has 1 amide bonds. The third-order valence-corrected chi connectivity index (χ3v) is 6.02. The first-order chi connectivity index (χ1) is 15.5. The number of rotatable bonds is 6. The summed E-state index contributed by atoms with van der Waals surface area (Å²) < 4.78 is 43.5. The molecule has 1 aliphatic rings. The number of benzene rings is 2. The van der Waals surface area contributed by atoms with Crippen LogP contribution in [0.2, 0.25) is 0 Å². The highest BCUT2D eigenvalue weighted by Gasteiger charge is 2.38. The number of aromatic amines is 1. The van der Waals surface area contributed by atoms with Crippen LogP contribution in [0, 0.1) is 23.4 Å². The molecule has 1 fully saturated rings. The number of nitrogens with one attached hydrogen (secondary N) is 2. The summed E-state index contributed by atoms with van der Waals surface area (Å²) in [5, 5.41) is 7.35. The summed E-state index contributed by atoms with van der Waals surface area (Å²) in [5.74, 6) is -2.01. The van der Waals surface area contributed by atoms with Gasteiger partial charge in [0.05, 0.1) is 17.8 Å². The molecule has 0 unspecified atom stereocenters. The Kier molecular flexibility index (Phi) is 5.16. The van der Waals surface area contributed by atoms with Crippen LogP contribution in [-0.2, 0) is 11.3 Å². The molecular weight excluding hydrogens is 419 g/mol. The minimum absolute atomic E-state index is 0.0453. The van der Waals surface area contributed by atoms with Crippen LogP contribution in [0.25, 0.3) is 22.2 Å². The fraction of sp³-hybridized carbons (Fsp3) is 0.261. The Morgan fingerprint density at radius 1 is 1.12 bits per heavy atom. The first-order valence-corrected chi connectivity index (χ1v) is 10.4. The van der Waals surface area contributed by atoms with E-state index in [1.54, 1.807) is 23.1 Å². The van der Waals surface area contributed by atoms with Crippen LogP contribution in [-0.4, -0.2) is 32.2 Å². The van der Waals surface area contributed by atoms with Crippen LogP contribution in [0.1, 0.15) is 24.3 Å². The molecule has 0 saturated heterocycles. The van der Waals surface area contributed by atoms with E-state index >= 15 is 0 Å². The van der Waals surface area contributed by atoms with Crippen molar-refractivity contribution in [1.82, 2.24) is 25.1 Å². The molecule has 6 nitrogen and oxygen atoms in total. The number of carbonyl (C=O) groups excluding carboxylic acids is 1. The lowest BCUT2D eigenvalue weighted by atomic mass is 9.70. The summed E-state index contributed by atoms with van der Waals surface area (Å²) in [4.78, 5) is 19.4. The summed E-state index contributed by atoms with van der Waals surface area (Å²) in [6, 6.07) is 8.00. The van der Waals surface area contributed by atoms with Gasteiger partial charge in [-0.05, 0) is 60.2 Å². The van der Waals surface area contributed by atoms with Gasteiger partial charge < -0.3 is 10.3 Å². The normalized spacial score (nSPS) is 18.0. The van der Waals surface area contributed by atoms with Crippen LogP contribution in [0.3, 0.4) is 0 Å². The van der Waals surface area contributed by atoms with E-state index in [1.165, 1.54) is 24.5 Å². The minimum atomic E-state index is -0.684. The van der Waals surface area contributed by atoms with E-state index < -0.39 is 11.6 Å². The van der Waals surface area contributed by atoms with Crippen molar-refractivity contribution in [3.8, 4) is 11.3 Å². The maximum Gasteiger partial charge on any atom is 0.223 e. The zero-order valence-electron chi connectivity index (χ0n) is 17.0. The maximum absolute atomic E-state index is 14.5. The van der Waals surface area contributed by atoms with Crippen molar-refractivity contribution >= 4 is 16.8 Å². The predicted molar refractivity (Wildman–Crippen MR) is 112 cm³/mol. The Morgan fingerprint density at radius 2 is 1.91 bits per heavy atom. The van der Waals surface area contributed by atoms with Gasteiger partial charge in [0.2, 0.25) is 5.91 Å². The third kappa shape index (κ3) is 3.74. The molecule has 2 aromatic heterocycles. The zero-order valence-corrected chi connectivity index (χ0v) is 17.0. The van der Waals surface area contributed by atoms with E-state index in [2.05, 4.69) is 20.4 Å². The standard InChI is InChI=1S/C23H20F3N5O/c24-16-3-1-13(2-4-16)21-20(18-9-17(25)10-19(26)22(18)30-21)14-7-15(8-14)23(32)28-5-6-31-12-27-11-29-31/h1-4,9-12,14-15,30H,5-8H2,(H,28,32)/t14-,15+. The van der Waals surface area contributed by atoms with Gasteiger partial charge in [0.25, 0.3) is 0 Å². The van der Waals surface area contributed by atoms with Crippen molar-refractivity contribution in [3.63, 3.8) is 0 Å². The number of fused-ring (bicyclic) bond motifs is 1. The van der Waals surface area contributed by atoms with Crippen molar-refractivity contribution in [2.24, 2.45) is 5.92 Å². The maximum atomic E-state index is 14.5. The Labute approximate surface area is 181 Å². The first-order valence-electron chi connectivity index (χ1n) is 10.4. The fourth-order valence-electron chi connectivity index (χ4n) is 4.36. The van der Waals surface area contributed by atoms with Crippen molar-refractivity contribution in [3.05, 3.63) is 72.1 Å². The molecule has 1 saturated carbocycles. The second-order valence-electron chi connectivity index (χ2n) is 8.05. The molecule has 2 heterocycles. The minimum Gasteiger partial charge on any atom is -0.354 e. The van der Waals surface area contributed by atoms with Crippen LogP contribution in [0.5, 0.6) is 0 Å². The van der Waals surface area contributed by atoms with E-state index in [1.807, 2.05) is 0 Å². The molecule has 2 N–H and O–H groups in total. The molecule has 0 aliphatic heterocycles. The average Bonchev–Trinajstić information content (AvgIpc) is 3.36. The van der Waals surface area contributed by atoms with Crippen molar-refractivity contribution in [2.75, 3.05) is 6.54 Å². The highest BCUT2D eigenvalue weighted by molar-refractivity contribution is 5.92. The van der Waals surface area contributed by atoms with Gasteiger partial charge >= 0.3 is 0 Å². The highest BCUT2D eigenvalue weighted by atomic mass is 19.1. The quantitative estimate of drug-likeness (QED) is 0.474. The van der Waals surface area contributed by atoms with Crippen molar-refractivity contribution in [1.29, 1.82) is 0 Å². The summed E-state index contributed by atoms with van der Waals surface area (Å²) in [6.45, 7) is 0.964. The summed E-state index contributed by atoms with van der Waals surface area (Å²) in [5.41, 5.74) is 2.27. The molecule has 2 aromatic carbocycles. The molecule has 32 heavy (non-hydrogen) atoms. The molecule has 0 radical (unpaired) electrons. The molecule has 164 valence electrons. The number of carbonyl (C=O) groups is 1. The third-order valence-electron chi connectivity index (χ3n) is 6.02. The van der Waals surface area contributed by atoms with Gasteiger partial charge in [0.15, 0.2) is 0 Å². The van der Waals surface area contributed by atoms with Crippen molar-refractivity contribution in [2.45, 2.75) is 25.3 Å². The van der Waals surface area contributed by atoms with E-state index in [0.29, 0.717) is 42.6 Å². The predicted octanol–water partition coefficient (Wildman–Crippen LogP) is 4.15. The number of amides is 1. The molecule has 0 atom stereocenters. The molecular formula is C23H20F3N5O. The number of halogens is 3. The van der Waals surface area contributed by atoms with Gasteiger partial charge in [-0.15, -0.1) is 0 Å². The number of aromatic nitrogens is 4. The Bertz CT molecular complexity index is 1260. The van der Waals surface area contributed by atoms with Gasteiger partial charge in [0.1, 0.15) is 30.1 Å². The summed E-state index contributed by atoms with van der Waals surface area (Å²) in [6.07, 6.45) is 4.14. The summed E-state index contributed by atoms with van der Waals surface area (Å²) >= 11 is 0. The lowest BCUT2D eigenvalue weighted by Crippen LogP contribution is -2.39. The van der Waals surface area contributed by atoms with E-state index in [-0.39, 0.29) is 29.1 Å². The molecule has 0 spiro atoms. The largest absolute Gasteiger partial charge is 0.354 e. The van der Waals surface area contributed by atoms with Crippen LogP contribution in [0.15, 0.2) is 49.1 Å². The molecule has 9 heteroatoms. The SMILES string of the molecule is O=C(NCCn1cncn1)[C@H]1C[C@@H](c2c(-c3ccc(F)cc3)[nH]c3c(F)cc(F)cc32)C1. The number of hydrogen-bond acceptors (Lipinski definition) is 3. The molecule has 1 aliphatic carbocycles. The van der Waals surface area contributed by atoms with Crippen LogP contribution < -0.4 is 5.32 Å². The molecule has 4 aromatic rings. The highest BCUT2D eigenvalue weighted by Crippen LogP contribution is 2.48. The van der Waals surface area contributed by atoms with Crippen LogP contribution in [0.4, 0.5) is 13.2 Å². The zero-order chi connectivity index (χ0) is 22.2. The monoisotopic (exact) mass is 439 g/mol. The smallest absolute Gasteiger partial charge is 0.223 e. The average molecular weight is 439 g/mol. The number of nitrogens with zero attached hydrogens (tertiary/aromatic N) is 3. The topological polar surface area (TPSA) is 75.6 Å². The lowest BCUT2D eigenvalue weighted by molar-refractivity contribution is -0.128. The Morgan fingerprint density at radius 3 is 2.62 bits per heavy atom. The second kappa shape index (κ2) is 8.14. The Balaban J connectivity index is 1.37. The van der Waals surface area contributed by atoms with E-state index in [0.717, 1.165) is 11.6 Å². The van der Waals surface area contributed by atoms with Crippen molar-refractivity contribution < 1.29 is 18.0 Å². The van der Waals surface area contributed by atoms with Gasteiger partial charge in [-0.2, -0.15) is 5.10 Å². The second-order valence-corrected chi connectivity index (χ2v) is 8.05. The van der Waals surface area contributed by atoms with Gasteiger partial charge in [-0.25, -0.2) is 18.2 Å². The Hall–Kier alpha value is -3.62. The van der Waals surface area contributed by atoms with Crippen LogP contribution >= 0.6 is 0 Å². The van der Waals surface area contributed by atoms with Gasteiger partial charge in [-0.3, -0.25) is 9.48 Å². The molecule has 5 rings (SSSR count). The van der Waals surface area contributed by atoms with E-state index in [4.69, 9.17) is 0 Å². The van der Waals surface area contributed by atoms with Gasteiger partial charge in [-0.1, -0.05) is 0 Å². The van der Waals surface area contributed by atoms with E-state index in [9.17, 15) is 18.0 Å².